The Morgan fingerprint density at radius 1 is 0.315 bits per heavy atom. The lowest BCUT2D eigenvalue weighted by molar-refractivity contribution is -0.161. The Morgan fingerprint density at radius 2 is 0.554 bits per heavy atom. The molecule has 546 valence electrons. The van der Waals surface area contributed by atoms with Crippen LogP contribution in [0.2, 0.25) is 0 Å². The van der Waals surface area contributed by atoms with Gasteiger partial charge in [-0.15, -0.1) is 0 Å². The van der Waals surface area contributed by atoms with Crippen molar-refractivity contribution in [3.8, 4) is 0 Å². The van der Waals surface area contributed by atoms with Gasteiger partial charge in [0.2, 0.25) is 0 Å². The number of rotatable bonds is 72. The van der Waals surface area contributed by atoms with Crippen LogP contribution in [0.5, 0.6) is 0 Å². The van der Waals surface area contributed by atoms with E-state index in [2.05, 4.69) is 41.5 Å². The van der Waals surface area contributed by atoms with Crippen LogP contribution in [0.15, 0.2) is 0 Å². The van der Waals surface area contributed by atoms with E-state index in [9.17, 15) is 43.2 Å². The predicted molar refractivity (Wildman–Crippen MR) is 372 cm³/mol. The van der Waals surface area contributed by atoms with Crippen LogP contribution in [0.25, 0.3) is 0 Å². The lowest BCUT2D eigenvalue weighted by atomic mass is 9.99. The number of hydrogen-bond acceptors (Lipinski definition) is 15. The molecule has 3 unspecified atom stereocenters. The lowest BCUT2D eigenvalue weighted by Gasteiger charge is -2.21. The van der Waals surface area contributed by atoms with E-state index in [1.807, 2.05) is 0 Å². The second-order valence-corrected chi connectivity index (χ2v) is 30.0. The number of carbonyl (C=O) groups excluding carboxylic acids is 4. The molecule has 0 aromatic carbocycles. The van der Waals surface area contributed by atoms with Crippen molar-refractivity contribution in [3.63, 3.8) is 0 Å². The Labute approximate surface area is 562 Å². The highest BCUT2D eigenvalue weighted by molar-refractivity contribution is 7.47. The van der Waals surface area contributed by atoms with Crippen molar-refractivity contribution < 1.29 is 80.2 Å². The minimum atomic E-state index is -4.95. The normalized spacial score (nSPS) is 14.4. The standard InChI is InChI=1S/C73H142O17P2/c1-7-10-12-14-16-18-20-21-22-27-31-38-44-50-56-71(76)84-61-68(89-72(77)57-51-45-39-32-28-24-23-26-29-35-41-47-53-65(4)5)63-87-91(79,80)85-59-67(74)60-86-92(81,82)88-64-69(62-83-70(75)55-49-43-37-30-25-19-17-15-13-11-8-2)90-73(78)58-52-46-40-34-33-36-42-48-54-66(6)9-3/h65-69,74H,7-64H2,1-6H3,(H,79,80)(H,81,82)/t66?,67-,68-,69-/m1/s1. The Bertz CT molecular complexity index is 1790. The molecule has 17 nitrogen and oxygen atoms in total. The number of carbonyl (C=O) groups is 4. The summed E-state index contributed by atoms with van der Waals surface area (Å²) in [7, 11) is -9.91. The SMILES string of the molecule is CCCCCCCCCCCCCCCCC(=O)OC[C@H](COP(=O)(O)OC[C@@H](O)COP(=O)(O)OC[C@@H](COC(=O)CCCCCCCCCCCCC)OC(=O)CCCCCCCCCCC(C)CC)OC(=O)CCCCCCCCCCCCCCC(C)C. The van der Waals surface area contributed by atoms with E-state index in [-0.39, 0.29) is 25.7 Å². The van der Waals surface area contributed by atoms with Crippen molar-refractivity contribution in [1.82, 2.24) is 0 Å². The Morgan fingerprint density at radius 3 is 0.826 bits per heavy atom. The smallest absolute Gasteiger partial charge is 0.462 e. The zero-order valence-corrected chi connectivity index (χ0v) is 61.6. The summed E-state index contributed by atoms with van der Waals surface area (Å²) in [6.07, 6.45) is 51.1. The predicted octanol–water partition coefficient (Wildman–Crippen LogP) is 21.2. The number of phosphoric ester groups is 2. The van der Waals surface area contributed by atoms with Gasteiger partial charge in [-0.1, -0.05) is 324 Å². The van der Waals surface area contributed by atoms with Crippen LogP contribution >= 0.6 is 15.6 Å². The van der Waals surface area contributed by atoms with Gasteiger partial charge in [-0.2, -0.15) is 0 Å². The van der Waals surface area contributed by atoms with Gasteiger partial charge in [-0.3, -0.25) is 37.3 Å². The van der Waals surface area contributed by atoms with E-state index in [0.29, 0.717) is 25.7 Å². The summed E-state index contributed by atoms with van der Waals surface area (Å²) in [6, 6.07) is 0. The number of ether oxygens (including phenoxy) is 4. The number of esters is 4. The minimum Gasteiger partial charge on any atom is -0.462 e. The van der Waals surface area contributed by atoms with E-state index in [0.717, 1.165) is 102 Å². The fourth-order valence-electron chi connectivity index (χ4n) is 11.1. The highest BCUT2D eigenvalue weighted by atomic mass is 31.2. The molecule has 0 aromatic heterocycles. The van der Waals surface area contributed by atoms with Crippen molar-refractivity contribution in [1.29, 1.82) is 0 Å². The third-order valence-electron chi connectivity index (χ3n) is 17.3. The van der Waals surface area contributed by atoms with Crippen molar-refractivity contribution in [3.05, 3.63) is 0 Å². The molecular formula is C73H142O17P2. The van der Waals surface area contributed by atoms with Crippen LogP contribution in [0.1, 0.15) is 375 Å². The average Bonchev–Trinajstić information content (AvgIpc) is 3.47. The minimum absolute atomic E-state index is 0.105. The highest BCUT2D eigenvalue weighted by Gasteiger charge is 2.30. The molecule has 6 atom stereocenters. The van der Waals surface area contributed by atoms with Gasteiger partial charge < -0.3 is 33.8 Å². The molecule has 0 aliphatic rings. The van der Waals surface area contributed by atoms with Crippen LogP contribution in [-0.2, 0) is 65.4 Å². The summed E-state index contributed by atoms with van der Waals surface area (Å²) in [5, 5.41) is 10.6. The molecule has 3 N–H and O–H groups in total. The maximum absolute atomic E-state index is 13.1. The first-order valence-corrected chi connectivity index (χ1v) is 41.0. The van der Waals surface area contributed by atoms with Crippen LogP contribution in [-0.4, -0.2) is 96.7 Å². The number of aliphatic hydroxyl groups is 1. The average molecular weight is 1350 g/mol. The van der Waals surface area contributed by atoms with Crippen molar-refractivity contribution in [2.24, 2.45) is 11.8 Å². The maximum Gasteiger partial charge on any atom is 0.472 e. The Hall–Kier alpha value is -1.94. The van der Waals surface area contributed by atoms with Gasteiger partial charge in [0.25, 0.3) is 0 Å². The summed E-state index contributed by atoms with van der Waals surface area (Å²) in [4.78, 5) is 72.7. The zero-order chi connectivity index (χ0) is 67.9. The van der Waals surface area contributed by atoms with Gasteiger partial charge in [0.05, 0.1) is 26.4 Å². The van der Waals surface area contributed by atoms with E-state index in [1.54, 1.807) is 0 Å². The van der Waals surface area contributed by atoms with Gasteiger partial charge in [-0.05, 0) is 37.5 Å². The molecule has 0 saturated heterocycles. The molecule has 0 radical (unpaired) electrons. The zero-order valence-electron chi connectivity index (χ0n) is 59.9. The van der Waals surface area contributed by atoms with Gasteiger partial charge in [0.15, 0.2) is 12.2 Å². The monoisotopic (exact) mass is 1350 g/mol. The molecular weight excluding hydrogens is 1210 g/mol. The molecule has 0 aliphatic heterocycles. The summed E-state index contributed by atoms with van der Waals surface area (Å²) >= 11 is 0. The quantitative estimate of drug-likeness (QED) is 0.0222. The van der Waals surface area contributed by atoms with Crippen LogP contribution in [0, 0.1) is 11.8 Å². The molecule has 19 heteroatoms. The first-order chi connectivity index (χ1) is 44.4. The van der Waals surface area contributed by atoms with Crippen molar-refractivity contribution in [2.45, 2.75) is 394 Å². The molecule has 0 spiro atoms. The Kier molecular flexibility index (Phi) is 63.7. The molecule has 0 rings (SSSR count). The molecule has 0 fully saturated rings. The fraction of sp³-hybridized carbons (Fsp3) is 0.945. The molecule has 0 aromatic rings. The van der Waals surface area contributed by atoms with Gasteiger partial charge >= 0.3 is 39.5 Å². The third-order valence-corrected chi connectivity index (χ3v) is 19.2. The summed E-state index contributed by atoms with van der Waals surface area (Å²) in [5.41, 5.74) is 0. The summed E-state index contributed by atoms with van der Waals surface area (Å²) in [6.45, 7) is 9.58. The Balaban J connectivity index is 5.26. The molecule has 92 heavy (non-hydrogen) atoms. The topological polar surface area (TPSA) is 237 Å². The summed E-state index contributed by atoms with van der Waals surface area (Å²) < 4.78 is 68.4. The fourth-order valence-corrected chi connectivity index (χ4v) is 12.7. The molecule has 0 bridgehead atoms. The van der Waals surface area contributed by atoms with E-state index in [4.69, 9.17) is 37.0 Å². The largest absolute Gasteiger partial charge is 0.472 e. The number of hydrogen-bond donors (Lipinski definition) is 3. The second-order valence-electron chi connectivity index (χ2n) is 27.1. The number of phosphoric acid groups is 2. The van der Waals surface area contributed by atoms with Crippen LogP contribution < -0.4 is 0 Å². The van der Waals surface area contributed by atoms with Gasteiger partial charge in [0, 0.05) is 25.7 Å². The van der Waals surface area contributed by atoms with Crippen molar-refractivity contribution >= 4 is 39.5 Å². The van der Waals surface area contributed by atoms with Crippen molar-refractivity contribution in [2.75, 3.05) is 39.6 Å². The van der Waals surface area contributed by atoms with E-state index >= 15 is 0 Å². The summed E-state index contributed by atoms with van der Waals surface area (Å²) in [5.74, 6) is -0.573. The third kappa shape index (κ3) is 65.4. The molecule has 0 amide bonds. The first-order valence-electron chi connectivity index (χ1n) is 38.0. The number of unbranched alkanes of at least 4 members (excludes halogenated alkanes) is 41. The highest BCUT2D eigenvalue weighted by Crippen LogP contribution is 2.45. The molecule has 0 aliphatic carbocycles. The second kappa shape index (κ2) is 65.0. The van der Waals surface area contributed by atoms with Crippen LogP contribution in [0.4, 0.5) is 0 Å². The van der Waals surface area contributed by atoms with E-state index in [1.165, 1.54) is 193 Å². The lowest BCUT2D eigenvalue weighted by Crippen LogP contribution is -2.30. The molecule has 0 saturated carbocycles. The van der Waals surface area contributed by atoms with Crippen LogP contribution in [0.3, 0.4) is 0 Å². The first kappa shape index (κ1) is 90.1. The van der Waals surface area contributed by atoms with Gasteiger partial charge in [0.1, 0.15) is 19.3 Å². The molecule has 0 heterocycles. The van der Waals surface area contributed by atoms with Gasteiger partial charge in [-0.25, -0.2) is 9.13 Å². The van der Waals surface area contributed by atoms with E-state index < -0.39 is 97.5 Å². The maximum atomic E-state index is 13.1. The number of aliphatic hydroxyl groups excluding tert-OH is 1.